The van der Waals surface area contributed by atoms with Gasteiger partial charge in [0.05, 0.1) is 23.8 Å². The van der Waals surface area contributed by atoms with E-state index in [9.17, 15) is 9.59 Å². The Balaban J connectivity index is 1.73. The van der Waals surface area contributed by atoms with Crippen molar-refractivity contribution >= 4 is 22.9 Å². The van der Waals surface area contributed by atoms with Gasteiger partial charge in [-0.25, -0.2) is 4.98 Å². The monoisotopic (exact) mass is 275 g/mol. The number of hydrogen-bond acceptors (Lipinski definition) is 3. The molecule has 0 spiro atoms. The number of aliphatic carboxylic acids is 1. The van der Waals surface area contributed by atoms with E-state index in [4.69, 9.17) is 5.11 Å². The van der Waals surface area contributed by atoms with Gasteiger partial charge in [-0.2, -0.15) is 0 Å². The summed E-state index contributed by atoms with van der Waals surface area (Å²) in [7, 11) is 0. The number of nitrogens with zero attached hydrogens (tertiary/aromatic N) is 2. The standard InChI is InChI=1S/C14H17N3O3/c18-13(6-7-14(19)20)15-8-3-9-17-10-16-11-4-1-2-5-12(11)17/h1-2,4-5,10H,3,6-9H2,(H,15,18)(H,19,20). The summed E-state index contributed by atoms with van der Waals surface area (Å²) in [6.45, 7) is 1.30. The fraction of sp³-hybridized carbons (Fsp3) is 0.357. The first-order valence-electron chi connectivity index (χ1n) is 6.55. The number of aromatic nitrogens is 2. The summed E-state index contributed by atoms with van der Waals surface area (Å²) < 4.78 is 2.04. The number of rotatable bonds is 7. The van der Waals surface area contributed by atoms with Crippen molar-refractivity contribution in [1.82, 2.24) is 14.9 Å². The van der Waals surface area contributed by atoms with Gasteiger partial charge in [-0.05, 0) is 18.6 Å². The molecule has 1 aromatic carbocycles. The van der Waals surface area contributed by atoms with Crippen LogP contribution in [-0.2, 0) is 16.1 Å². The van der Waals surface area contributed by atoms with Crippen molar-refractivity contribution in [2.45, 2.75) is 25.8 Å². The first-order valence-corrected chi connectivity index (χ1v) is 6.55. The zero-order valence-corrected chi connectivity index (χ0v) is 11.1. The Morgan fingerprint density at radius 2 is 2.05 bits per heavy atom. The van der Waals surface area contributed by atoms with Crippen molar-refractivity contribution in [2.24, 2.45) is 0 Å². The molecule has 0 saturated heterocycles. The summed E-state index contributed by atoms with van der Waals surface area (Å²) in [4.78, 5) is 25.9. The maximum absolute atomic E-state index is 11.3. The fourth-order valence-corrected chi connectivity index (χ4v) is 1.97. The molecule has 106 valence electrons. The molecule has 2 rings (SSSR count). The number of carboxylic acids is 1. The van der Waals surface area contributed by atoms with E-state index in [-0.39, 0.29) is 18.7 Å². The zero-order chi connectivity index (χ0) is 14.4. The lowest BCUT2D eigenvalue weighted by atomic mass is 10.3. The van der Waals surface area contributed by atoms with E-state index < -0.39 is 5.97 Å². The Morgan fingerprint density at radius 3 is 2.85 bits per heavy atom. The average Bonchev–Trinajstić information content (AvgIpc) is 2.85. The third-order valence-corrected chi connectivity index (χ3v) is 2.99. The smallest absolute Gasteiger partial charge is 0.303 e. The van der Waals surface area contributed by atoms with Crippen LogP contribution in [0.5, 0.6) is 0 Å². The predicted octanol–water partition coefficient (Wildman–Crippen LogP) is 1.41. The highest BCUT2D eigenvalue weighted by atomic mass is 16.4. The molecule has 0 radical (unpaired) electrons. The molecule has 6 nitrogen and oxygen atoms in total. The lowest BCUT2D eigenvalue weighted by Gasteiger charge is -2.06. The van der Waals surface area contributed by atoms with Crippen LogP contribution in [0.4, 0.5) is 0 Å². The molecule has 0 aliphatic heterocycles. The summed E-state index contributed by atoms with van der Waals surface area (Å²) in [5.74, 6) is -1.17. The number of carbonyl (C=O) groups is 2. The molecule has 6 heteroatoms. The van der Waals surface area contributed by atoms with Crippen LogP contribution in [0.3, 0.4) is 0 Å². The van der Waals surface area contributed by atoms with Gasteiger partial charge < -0.3 is 15.0 Å². The van der Waals surface area contributed by atoms with Crippen molar-refractivity contribution in [1.29, 1.82) is 0 Å². The normalized spacial score (nSPS) is 10.6. The summed E-state index contributed by atoms with van der Waals surface area (Å²) in [5.41, 5.74) is 2.03. The van der Waals surface area contributed by atoms with E-state index in [2.05, 4.69) is 10.3 Å². The third-order valence-electron chi connectivity index (χ3n) is 2.99. The second kappa shape index (κ2) is 6.70. The van der Waals surface area contributed by atoms with E-state index in [0.717, 1.165) is 24.0 Å². The topological polar surface area (TPSA) is 84.2 Å². The largest absolute Gasteiger partial charge is 0.481 e. The first kappa shape index (κ1) is 14.0. The molecule has 1 aromatic heterocycles. The number of imidazole rings is 1. The molecular weight excluding hydrogens is 258 g/mol. The number of nitrogens with one attached hydrogen (secondary N) is 1. The molecule has 1 heterocycles. The molecular formula is C14H17N3O3. The van der Waals surface area contributed by atoms with Gasteiger partial charge in [-0.15, -0.1) is 0 Å². The Bertz CT molecular complexity index is 606. The second-order valence-electron chi connectivity index (χ2n) is 4.52. The van der Waals surface area contributed by atoms with Gasteiger partial charge >= 0.3 is 5.97 Å². The minimum absolute atomic E-state index is 0.0311. The van der Waals surface area contributed by atoms with Crippen LogP contribution < -0.4 is 5.32 Å². The summed E-state index contributed by atoms with van der Waals surface area (Å²) in [6.07, 6.45) is 2.47. The lowest BCUT2D eigenvalue weighted by Crippen LogP contribution is -2.25. The van der Waals surface area contributed by atoms with Crippen molar-refractivity contribution in [2.75, 3.05) is 6.54 Å². The molecule has 0 saturated carbocycles. The number of fused-ring (bicyclic) bond motifs is 1. The maximum Gasteiger partial charge on any atom is 0.303 e. The van der Waals surface area contributed by atoms with Gasteiger partial charge in [-0.1, -0.05) is 12.1 Å². The van der Waals surface area contributed by atoms with Crippen molar-refractivity contribution in [3.05, 3.63) is 30.6 Å². The fourth-order valence-electron chi connectivity index (χ4n) is 1.97. The SMILES string of the molecule is O=C(O)CCC(=O)NCCCn1cnc2ccccc21. The van der Waals surface area contributed by atoms with E-state index in [1.165, 1.54) is 0 Å². The number of carboxylic acid groups (broad SMARTS) is 1. The number of para-hydroxylation sites is 2. The van der Waals surface area contributed by atoms with Crippen LogP contribution >= 0.6 is 0 Å². The highest BCUT2D eigenvalue weighted by Gasteiger charge is 2.05. The molecule has 1 amide bonds. The van der Waals surface area contributed by atoms with Crippen molar-refractivity contribution in [3.63, 3.8) is 0 Å². The second-order valence-corrected chi connectivity index (χ2v) is 4.52. The molecule has 0 aliphatic carbocycles. The van der Waals surface area contributed by atoms with Crippen LogP contribution in [0.25, 0.3) is 11.0 Å². The first-order chi connectivity index (χ1) is 9.66. The van der Waals surface area contributed by atoms with Crippen LogP contribution in [0.2, 0.25) is 0 Å². The molecule has 2 N–H and O–H groups in total. The van der Waals surface area contributed by atoms with Crippen LogP contribution in [0, 0.1) is 0 Å². The highest BCUT2D eigenvalue weighted by Crippen LogP contribution is 2.11. The van der Waals surface area contributed by atoms with Gasteiger partial charge in [0.1, 0.15) is 0 Å². The van der Waals surface area contributed by atoms with Crippen LogP contribution in [0.1, 0.15) is 19.3 Å². The zero-order valence-electron chi connectivity index (χ0n) is 11.1. The number of benzene rings is 1. The number of aryl methyl sites for hydroxylation is 1. The molecule has 0 fully saturated rings. The van der Waals surface area contributed by atoms with Gasteiger partial charge in [0.15, 0.2) is 0 Å². The predicted molar refractivity (Wildman–Crippen MR) is 74.2 cm³/mol. The van der Waals surface area contributed by atoms with Crippen molar-refractivity contribution < 1.29 is 14.7 Å². The number of carbonyl (C=O) groups excluding carboxylic acids is 1. The van der Waals surface area contributed by atoms with Gasteiger partial charge in [0, 0.05) is 19.5 Å². The maximum atomic E-state index is 11.3. The molecule has 2 aromatic rings. The minimum atomic E-state index is -0.954. The van der Waals surface area contributed by atoms with Crippen LogP contribution in [0.15, 0.2) is 30.6 Å². The Kier molecular flexibility index (Phi) is 4.70. The average molecular weight is 275 g/mol. The summed E-state index contributed by atoms with van der Waals surface area (Å²) in [6, 6.07) is 7.88. The highest BCUT2D eigenvalue weighted by molar-refractivity contribution is 5.80. The van der Waals surface area contributed by atoms with Gasteiger partial charge in [-0.3, -0.25) is 9.59 Å². The molecule has 0 bridgehead atoms. The number of amides is 1. The van der Waals surface area contributed by atoms with E-state index >= 15 is 0 Å². The van der Waals surface area contributed by atoms with E-state index in [0.29, 0.717) is 6.54 Å². The minimum Gasteiger partial charge on any atom is -0.481 e. The van der Waals surface area contributed by atoms with E-state index in [1.807, 2.05) is 28.8 Å². The van der Waals surface area contributed by atoms with Crippen LogP contribution in [-0.4, -0.2) is 33.1 Å². The molecule has 20 heavy (non-hydrogen) atoms. The third kappa shape index (κ3) is 3.81. The number of hydrogen-bond donors (Lipinski definition) is 2. The lowest BCUT2D eigenvalue weighted by molar-refractivity contribution is -0.138. The molecule has 0 aliphatic rings. The van der Waals surface area contributed by atoms with Crippen molar-refractivity contribution in [3.8, 4) is 0 Å². The van der Waals surface area contributed by atoms with E-state index in [1.54, 1.807) is 6.33 Å². The summed E-state index contributed by atoms with van der Waals surface area (Å²) >= 11 is 0. The molecule has 0 atom stereocenters. The van der Waals surface area contributed by atoms with Gasteiger partial charge in [0.25, 0.3) is 0 Å². The molecule has 0 unspecified atom stereocenters. The Labute approximate surface area is 116 Å². The quantitative estimate of drug-likeness (QED) is 0.748. The Hall–Kier alpha value is -2.37. The summed E-state index contributed by atoms with van der Waals surface area (Å²) in [5, 5.41) is 11.2. The van der Waals surface area contributed by atoms with Gasteiger partial charge in [0.2, 0.25) is 5.91 Å². The Morgan fingerprint density at radius 1 is 1.25 bits per heavy atom.